The molecular formula is C25H20FN3O3. The summed E-state index contributed by atoms with van der Waals surface area (Å²) in [5, 5.41) is 0. The Balaban J connectivity index is 1.39. The third-order valence-corrected chi connectivity index (χ3v) is 5.32. The fraction of sp³-hybridized carbons (Fsp3) is 0.160. The van der Waals surface area contributed by atoms with Gasteiger partial charge in [-0.25, -0.2) is 4.98 Å². The smallest absolute Gasteiger partial charge is 0.210 e. The molecule has 0 N–H and O–H groups in total. The zero-order chi connectivity index (χ0) is 22.3. The van der Waals surface area contributed by atoms with Crippen molar-refractivity contribution >= 4 is 22.8 Å². The van der Waals surface area contributed by atoms with Crippen LogP contribution in [0, 0.1) is 5.95 Å². The van der Waals surface area contributed by atoms with Gasteiger partial charge in [0, 0.05) is 24.2 Å². The number of halogens is 1. The maximum Gasteiger partial charge on any atom is 0.210 e. The molecule has 0 saturated heterocycles. The molecule has 6 nitrogen and oxygen atoms in total. The number of benzene rings is 1. The number of fused-ring (bicyclic) bond motifs is 1. The van der Waals surface area contributed by atoms with E-state index in [0.717, 1.165) is 11.1 Å². The maximum atomic E-state index is 13.8. The number of hydrogen-bond donors (Lipinski definition) is 0. The zero-order valence-electron chi connectivity index (χ0n) is 17.6. The predicted octanol–water partition coefficient (Wildman–Crippen LogP) is 4.69. The monoisotopic (exact) mass is 429 g/mol. The number of imidazole rings is 1. The molecule has 1 aliphatic rings. The number of hydrogen-bond acceptors (Lipinski definition) is 5. The fourth-order valence-corrected chi connectivity index (χ4v) is 3.70. The second-order valence-electron chi connectivity index (χ2n) is 8.00. The van der Waals surface area contributed by atoms with Gasteiger partial charge in [0.1, 0.15) is 23.8 Å². The third-order valence-electron chi connectivity index (χ3n) is 5.32. The van der Waals surface area contributed by atoms with E-state index in [2.05, 4.69) is 9.97 Å². The Morgan fingerprint density at radius 1 is 1.03 bits per heavy atom. The Morgan fingerprint density at radius 3 is 2.50 bits per heavy atom. The summed E-state index contributed by atoms with van der Waals surface area (Å²) in [6.07, 6.45) is 4.95. The molecule has 160 valence electrons. The van der Waals surface area contributed by atoms with Crippen LogP contribution in [0.1, 0.15) is 30.7 Å². The number of carbonyl (C=O) groups is 1. The van der Waals surface area contributed by atoms with Crippen molar-refractivity contribution in [1.29, 1.82) is 0 Å². The van der Waals surface area contributed by atoms with Gasteiger partial charge in [0.15, 0.2) is 11.5 Å². The molecule has 3 aromatic heterocycles. The average molecular weight is 429 g/mol. The molecule has 0 fully saturated rings. The molecule has 1 aromatic carbocycles. The summed E-state index contributed by atoms with van der Waals surface area (Å²) in [5.74, 6) is 0.700. The fourth-order valence-electron chi connectivity index (χ4n) is 3.70. The molecule has 7 heteroatoms. The normalized spacial score (nSPS) is 15.3. The van der Waals surface area contributed by atoms with Gasteiger partial charge < -0.3 is 9.47 Å². The van der Waals surface area contributed by atoms with E-state index >= 15 is 0 Å². The van der Waals surface area contributed by atoms with Crippen LogP contribution in [0.2, 0.25) is 0 Å². The first-order valence-electron chi connectivity index (χ1n) is 10.2. The maximum absolute atomic E-state index is 13.8. The van der Waals surface area contributed by atoms with E-state index < -0.39 is 5.60 Å². The summed E-state index contributed by atoms with van der Waals surface area (Å²) in [6.45, 7) is 3.72. The van der Waals surface area contributed by atoms with E-state index in [1.54, 1.807) is 56.7 Å². The van der Waals surface area contributed by atoms with Crippen LogP contribution in [-0.2, 0) is 16.1 Å². The summed E-state index contributed by atoms with van der Waals surface area (Å²) in [6, 6.07) is 15.6. The Kier molecular flexibility index (Phi) is 4.74. The number of Topliss-reactive ketones (excluding diaryl/α,β-unsaturated/α-hetero) is 1. The first-order valence-corrected chi connectivity index (χ1v) is 10.2. The van der Waals surface area contributed by atoms with Gasteiger partial charge in [0.05, 0.1) is 11.3 Å². The molecule has 0 atom stereocenters. The first kappa shape index (κ1) is 19.9. The molecule has 4 aromatic rings. The summed E-state index contributed by atoms with van der Waals surface area (Å²) < 4.78 is 27.0. The molecule has 5 rings (SSSR count). The molecule has 0 unspecified atom stereocenters. The van der Waals surface area contributed by atoms with Gasteiger partial charge in [-0.15, -0.1) is 0 Å². The number of pyridine rings is 2. The molecule has 1 aliphatic heterocycles. The lowest BCUT2D eigenvalue weighted by Gasteiger charge is -2.17. The molecule has 4 heterocycles. The zero-order valence-corrected chi connectivity index (χ0v) is 17.6. The number of ketones is 1. The van der Waals surface area contributed by atoms with Crippen molar-refractivity contribution in [2.45, 2.75) is 26.1 Å². The van der Waals surface area contributed by atoms with E-state index in [1.165, 1.54) is 10.5 Å². The van der Waals surface area contributed by atoms with E-state index in [9.17, 15) is 9.18 Å². The summed E-state index contributed by atoms with van der Waals surface area (Å²) in [7, 11) is 0. The Labute approximate surface area is 184 Å². The Bertz CT molecular complexity index is 1340. The second-order valence-corrected chi connectivity index (χ2v) is 8.00. The second kappa shape index (κ2) is 7.60. The molecule has 0 amide bonds. The van der Waals surface area contributed by atoms with Gasteiger partial charge in [-0.3, -0.25) is 14.2 Å². The van der Waals surface area contributed by atoms with Gasteiger partial charge in [-0.2, -0.15) is 4.39 Å². The molecule has 32 heavy (non-hydrogen) atoms. The highest BCUT2D eigenvalue weighted by atomic mass is 19.1. The molecule has 0 saturated carbocycles. The van der Waals surface area contributed by atoms with Gasteiger partial charge in [0.2, 0.25) is 5.78 Å². The lowest BCUT2D eigenvalue weighted by molar-refractivity contribution is -0.125. The highest BCUT2D eigenvalue weighted by Crippen LogP contribution is 2.41. The number of ether oxygens (including phenoxy) is 2. The van der Waals surface area contributed by atoms with Crippen molar-refractivity contribution in [3.05, 3.63) is 96.0 Å². The highest BCUT2D eigenvalue weighted by Gasteiger charge is 2.42. The number of nitrogens with zero attached hydrogens (tertiary/aromatic N) is 3. The minimum atomic E-state index is -0.943. The number of carbonyl (C=O) groups excluding carboxylic acids is 1. The summed E-state index contributed by atoms with van der Waals surface area (Å²) in [5.41, 5.74) is 2.27. The lowest BCUT2D eigenvalue weighted by Crippen LogP contribution is -2.29. The standard InChI is InChI=1S/C25H20FN3O3/c1-25(2)24(30)22(23(32-25)17-10-12-27-13-11-17)16-6-8-19(9-7-16)31-15-18-14-29-20(26)4-3-5-21(29)28-18/h3-14H,15H2,1-2H3. The number of aromatic nitrogens is 3. The van der Waals surface area contributed by atoms with Crippen molar-refractivity contribution in [3.8, 4) is 5.75 Å². The van der Waals surface area contributed by atoms with Gasteiger partial charge in [-0.1, -0.05) is 18.2 Å². The first-order chi connectivity index (χ1) is 15.4. The van der Waals surface area contributed by atoms with Crippen molar-refractivity contribution in [2.24, 2.45) is 0 Å². The van der Waals surface area contributed by atoms with Crippen LogP contribution in [0.15, 0.2) is 73.2 Å². The molecule has 0 spiro atoms. The largest absolute Gasteiger partial charge is 0.487 e. The average Bonchev–Trinajstić information content (AvgIpc) is 3.33. The van der Waals surface area contributed by atoms with Crippen LogP contribution in [-0.4, -0.2) is 25.8 Å². The van der Waals surface area contributed by atoms with Crippen molar-refractivity contribution in [3.63, 3.8) is 0 Å². The van der Waals surface area contributed by atoms with Crippen LogP contribution in [0.25, 0.3) is 17.0 Å². The van der Waals surface area contributed by atoms with Gasteiger partial charge in [0.25, 0.3) is 0 Å². The molecule has 0 bridgehead atoms. The quantitative estimate of drug-likeness (QED) is 0.431. The minimum absolute atomic E-state index is 0.0790. The van der Waals surface area contributed by atoms with E-state index in [0.29, 0.717) is 28.4 Å². The SMILES string of the molecule is CC1(C)OC(c2ccncc2)=C(c2ccc(OCc3cn4c(F)cccc4n3)cc2)C1=O. The van der Waals surface area contributed by atoms with Crippen LogP contribution < -0.4 is 4.74 Å². The Morgan fingerprint density at radius 2 is 1.78 bits per heavy atom. The van der Waals surface area contributed by atoms with Crippen molar-refractivity contribution in [1.82, 2.24) is 14.4 Å². The van der Waals surface area contributed by atoms with E-state index in [4.69, 9.17) is 9.47 Å². The van der Waals surface area contributed by atoms with Crippen LogP contribution in [0.4, 0.5) is 4.39 Å². The highest BCUT2D eigenvalue weighted by molar-refractivity contribution is 6.32. The van der Waals surface area contributed by atoms with Crippen LogP contribution in [0.3, 0.4) is 0 Å². The summed E-state index contributed by atoms with van der Waals surface area (Å²) >= 11 is 0. The third kappa shape index (κ3) is 3.51. The lowest BCUT2D eigenvalue weighted by atomic mass is 9.93. The molecule has 0 aliphatic carbocycles. The summed E-state index contributed by atoms with van der Waals surface area (Å²) in [4.78, 5) is 21.5. The number of rotatable bonds is 5. The molecule has 0 radical (unpaired) electrons. The van der Waals surface area contributed by atoms with E-state index in [1.807, 2.05) is 24.3 Å². The predicted molar refractivity (Wildman–Crippen MR) is 117 cm³/mol. The van der Waals surface area contributed by atoms with Crippen LogP contribution >= 0.6 is 0 Å². The van der Waals surface area contributed by atoms with Crippen LogP contribution in [0.5, 0.6) is 5.75 Å². The van der Waals surface area contributed by atoms with Crippen molar-refractivity contribution < 1.29 is 18.7 Å². The molecular weight excluding hydrogens is 409 g/mol. The van der Waals surface area contributed by atoms with E-state index in [-0.39, 0.29) is 18.3 Å². The van der Waals surface area contributed by atoms with Gasteiger partial charge >= 0.3 is 0 Å². The minimum Gasteiger partial charge on any atom is -0.487 e. The topological polar surface area (TPSA) is 65.7 Å². The van der Waals surface area contributed by atoms with Crippen molar-refractivity contribution in [2.75, 3.05) is 0 Å². The van der Waals surface area contributed by atoms with Gasteiger partial charge in [-0.05, 0) is 55.8 Å². The Hall–Kier alpha value is -4.00.